The Balaban J connectivity index is 2.76. The summed E-state index contributed by atoms with van der Waals surface area (Å²) >= 11 is 0. The summed E-state index contributed by atoms with van der Waals surface area (Å²) in [6.45, 7) is 4.50. The van der Waals surface area contributed by atoms with Crippen LogP contribution in [0.25, 0.3) is 0 Å². The van der Waals surface area contributed by atoms with Crippen molar-refractivity contribution in [3.8, 4) is 0 Å². The topological polar surface area (TPSA) is 30.5 Å². The monoisotopic (exact) mass is 223 g/mol. The Morgan fingerprint density at radius 1 is 1.44 bits per heavy atom. The molecule has 90 valence electrons. The zero-order valence-corrected chi connectivity index (χ0v) is 10.1. The third-order valence-electron chi connectivity index (χ3n) is 2.88. The highest BCUT2D eigenvalue weighted by Gasteiger charge is 2.35. The molecule has 0 spiro atoms. The van der Waals surface area contributed by atoms with Crippen molar-refractivity contribution < 1.29 is 9.47 Å². The number of allylic oxidation sites excluding steroid dienone is 2. The van der Waals surface area contributed by atoms with Crippen LogP contribution >= 0.6 is 0 Å². The van der Waals surface area contributed by atoms with Gasteiger partial charge in [0.05, 0.1) is 11.6 Å². The highest BCUT2D eigenvalue weighted by molar-refractivity contribution is 5.23. The molecule has 0 saturated heterocycles. The summed E-state index contributed by atoms with van der Waals surface area (Å²) in [5.41, 5.74) is -0.191. The molecule has 0 aliphatic carbocycles. The van der Waals surface area contributed by atoms with Crippen LogP contribution in [0, 0.1) is 0 Å². The van der Waals surface area contributed by atoms with Gasteiger partial charge in [0.15, 0.2) is 0 Å². The number of dihydropyridines is 1. The van der Waals surface area contributed by atoms with Crippen LogP contribution in [0.2, 0.25) is 0 Å². The summed E-state index contributed by atoms with van der Waals surface area (Å²) in [6.07, 6.45) is 11.8. The van der Waals surface area contributed by atoms with Gasteiger partial charge in [-0.3, -0.25) is 0 Å². The van der Waals surface area contributed by atoms with Crippen LogP contribution in [0.4, 0.5) is 0 Å². The van der Waals surface area contributed by atoms with Crippen LogP contribution in [0.5, 0.6) is 0 Å². The maximum atomic E-state index is 5.57. The summed E-state index contributed by atoms with van der Waals surface area (Å²) in [7, 11) is 3.44. The Labute approximate surface area is 97.8 Å². The molecule has 0 bridgehead atoms. The van der Waals surface area contributed by atoms with Crippen LogP contribution in [0.15, 0.2) is 37.1 Å². The Hall–Kier alpha value is -1.06. The lowest BCUT2D eigenvalue weighted by molar-refractivity contribution is 0.0186. The average molecular weight is 223 g/mol. The van der Waals surface area contributed by atoms with Crippen LogP contribution < -0.4 is 5.32 Å². The minimum atomic E-state index is -0.191. The minimum Gasteiger partial charge on any atom is -0.385 e. The van der Waals surface area contributed by atoms with Crippen LogP contribution in [-0.4, -0.2) is 32.5 Å². The molecule has 2 unspecified atom stereocenters. The van der Waals surface area contributed by atoms with Gasteiger partial charge in [-0.15, -0.1) is 6.58 Å². The van der Waals surface area contributed by atoms with Crippen LogP contribution in [-0.2, 0) is 9.47 Å². The molecule has 0 aromatic heterocycles. The molecule has 0 radical (unpaired) electrons. The van der Waals surface area contributed by atoms with Crippen molar-refractivity contribution in [2.75, 3.05) is 20.8 Å². The first-order chi connectivity index (χ1) is 7.79. The maximum absolute atomic E-state index is 5.57. The van der Waals surface area contributed by atoms with E-state index in [1.54, 1.807) is 14.2 Å². The van der Waals surface area contributed by atoms with Crippen LogP contribution in [0.3, 0.4) is 0 Å². The van der Waals surface area contributed by atoms with Gasteiger partial charge in [-0.25, -0.2) is 0 Å². The summed E-state index contributed by atoms with van der Waals surface area (Å²) in [4.78, 5) is 0. The molecule has 1 heterocycles. The minimum absolute atomic E-state index is 0.0756. The molecule has 0 saturated carbocycles. The SMILES string of the molecule is C=CCC1(C(CCOC)OC)C=CC=CN1. The molecule has 1 aliphatic heterocycles. The Bertz CT molecular complexity index is 269. The van der Waals surface area contributed by atoms with E-state index < -0.39 is 0 Å². The Morgan fingerprint density at radius 3 is 2.75 bits per heavy atom. The van der Waals surface area contributed by atoms with E-state index in [0.29, 0.717) is 6.61 Å². The van der Waals surface area contributed by atoms with Crippen molar-refractivity contribution >= 4 is 0 Å². The lowest BCUT2D eigenvalue weighted by Gasteiger charge is -2.38. The maximum Gasteiger partial charge on any atom is 0.0861 e. The molecule has 0 fully saturated rings. The normalized spacial score (nSPS) is 25.1. The fraction of sp³-hybridized carbons (Fsp3) is 0.538. The van der Waals surface area contributed by atoms with E-state index in [-0.39, 0.29) is 11.6 Å². The fourth-order valence-electron chi connectivity index (χ4n) is 2.04. The van der Waals surface area contributed by atoms with E-state index in [1.807, 2.05) is 24.4 Å². The molecule has 1 rings (SSSR count). The van der Waals surface area contributed by atoms with Crippen molar-refractivity contribution in [1.29, 1.82) is 0 Å². The molecule has 2 atom stereocenters. The molecular formula is C13H21NO2. The highest BCUT2D eigenvalue weighted by Crippen LogP contribution is 2.25. The largest absolute Gasteiger partial charge is 0.385 e. The third kappa shape index (κ3) is 2.97. The average Bonchev–Trinajstić information content (AvgIpc) is 2.31. The van der Waals surface area contributed by atoms with E-state index in [2.05, 4.69) is 18.0 Å². The second kappa shape index (κ2) is 6.51. The summed E-state index contributed by atoms with van der Waals surface area (Å²) in [5, 5.41) is 3.37. The number of methoxy groups -OCH3 is 2. The van der Waals surface area contributed by atoms with Crippen molar-refractivity contribution in [3.63, 3.8) is 0 Å². The predicted molar refractivity (Wildman–Crippen MR) is 66.3 cm³/mol. The number of nitrogens with one attached hydrogen (secondary N) is 1. The molecular weight excluding hydrogens is 202 g/mol. The lowest BCUT2D eigenvalue weighted by Crippen LogP contribution is -2.52. The molecule has 1 aliphatic rings. The molecule has 0 aromatic rings. The molecule has 3 heteroatoms. The van der Waals surface area contributed by atoms with Gasteiger partial charge in [-0.05, 0) is 25.1 Å². The van der Waals surface area contributed by atoms with Gasteiger partial charge in [0.2, 0.25) is 0 Å². The van der Waals surface area contributed by atoms with Gasteiger partial charge in [0.1, 0.15) is 0 Å². The van der Waals surface area contributed by atoms with Crippen molar-refractivity contribution in [1.82, 2.24) is 5.32 Å². The van der Waals surface area contributed by atoms with Gasteiger partial charge in [0, 0.05) is 20.8 Å². The fourth-order valence-corrected chi connectivity index (χ4v) is 2.04. The van der Waals surface area contributed by atoms with Gasteiger partial charge in [0.25, 0.3) is 0 Å². The zero-order chi connectivity index (χ0) is 11.9. The number of hydrogen-bond donors (Lipinski definition) is 1. The predicted octanol–water partition coefficient (Wildman–Crippen LogP) is 2.03. The van der Waals surface area contributed by atoms with Crippen LogP contribution in [0.1, 0.15) is 12.8 Å². The smallest absolute Gasteiger partial charge is 0.0861 e. The second-order valence-corrected chi connectivity index (χ2v) is 3.90. The quantitative estimate of drug-likeness (QED) is 0.670. The third-order valence-corrected chi connectivity index (χ3v) is 2.88. The summed E-state index contributed by atoms with van der Waals surface area (Å²) in [5.74, 6) is 0. The van der Waals surface area contributed by atoms with E-state index in [4.69, 9.17) is 9.47 Å². The standard InChI is InChI=1S/C13H21NO2/c1-4-8-13(9-5-6-10-14-13)12(16-3)7-11-15-2/h4-6,9-10,12,14H,1,7-8,11H2,2-3H3. The first kappa shape index (κ1) is 13.0. The summed E-state index contributed by atoms with van der Waals surface area (Å²) in [6, 6.07) is 0. The van der Waals surface area contributed by atoms with Gasteiger partial charge < -0.3 is 14.8 Å². The van der Waals surface area contributed by atoms with Crippen molar-refractivity contribution in [3.05, 3.63) is 37.1 Å². The van der Waals surface area contributed by atoms with E-state index >= 15 is 0 Å². The molecule has 0 aromatic carbocycles. The number of ether oxygens (including phenoxy) is 2. The molecule has 3 nitrogen and oxygen atoms in total. The summed E-state index contributed by atoms with van der Waals surface area (Å²) < 4.78 is 10.7. The number of rotatable bonds is 7. The second-order valence-electron chi connectivity index (χ2n) is 3.90. The first-order valence-corrected chi connectivity index (χ1v) is 5.54. The van der Waals surface area contributed by atoms with Gasteiger partial charge in [-0.2, -0.15) is 0 Å². The zero-order valence-electron chi connectivity index (χ0n) is 10.1. The van der Waals surface area contributed by atoms with Crippen molar-refractivity contribution in [2.45, 2.75) is 24.5 Å². The first-order valence-electron chi connectivity index (χ1n) is 5.54. The molecule has 0 amide bonds. The van der Waals surface area contributed by atoms with Gasteiger partial charge >= 0.3 is 0 Å². The van der Waals surface area contributed by atoms with Crippen molar-refractivity contribution in [2.24, 2.45) is 0 Å². The van der Waals surface area contributed by atoms with E-state index in [9.17, 15) is 0 Å². The van der Waals surface area contributed by atoms with E-state index in [1.165, 1.54) is 0 Å². The molecule has 1 N–H and O–H groups in total. The lowest BCUT2D eigenvalue weighted by atomic mass is 9.85. The van der Waals surface area contributed by atoms with E-state index in [0.717, 1.165) is 12.8 Å². The molecule has 16 heavy (non-hydrogen) atoms. The number of hydrogen-bond acceptors (Lipinski definition) is 3. The highest BCUT2D eigenvalue weighted by atomic mass is 16.5. The van der Waals surface area contributed by atoms with Gasteiger partial charge in [-0.1, -0.05) is 18.2 Å². The Kier molecular flexibility index (Phi) is 5.29. The Morgan fingerprint density at radius 2 is 2.25 bits per heavy atom.